The smallest absolute Gasteiger partial charge is 0.156 e. The van der Waals surface area contributed by atoms with Crippen LogP contribution in [0.25, 0.3) is 0 Å². The average molecular weight is 96.1 g/mol. The molecule has 0 aromatic rings. The Morgan fingerprint density at radius 2 is 1.17 bits per heavy atom. The molecule has 0 aromatic heterocycles. The van der Waals surface area contributed by atoms with Crippen LogP contribution in [0.5, 0.6) is 0 Å². The van der Waals surface area contributed by atoms with Crippen LogP contribution in [-0.2, 0) is 0 Å². The van der Waals surface area contributed by atoms with Gasteiger partial charge in [-0.25, -0.2) is 0 Å². The maximum Gasteiger partial charge on any atom is 0.156 e. The van der Waals surface area contributed by atoms with E-state index in [9.17, 15) is 0 Å². The molecular weight excluding hydrogens is 87.0 g/mol. The topological polar surface area (TPSA) is 40.5 Å². The summed E-state index contributed by atoms with van der Waals surface area (Å²) in [7, 11) is 0. The summed E-state index contributed by atoms with van der Waals surface area (Å²) >= 11 is 0. The lowest BCUT2D eigenvalue weighted by Crippen LogP contribution is -2.15. The molecule has 0 fully saturated rings. The molecule has 0 rings (SSSR count). The quantitative estimate of drug-likeness (QED) is 0.412. The Kier molecular flexibility index (Phi) is 3.25. The minimum Gasteiger partial charge on any atom is -0.366 e. The SMILES string of the molecule is CC(C)(O)O.F. The molecule has 0 aliphatic rings. The molecule has 0 aliphatic heterocycles. The van der Waals surface area contributed by atoms with Gasteiger partial charge in [-0.05, 0) is 13.8 Å². The monoisotopic (exact) mass is 96.1 g/mol. The van der Waals surface area contributed by atoms with Crippen molar-refractivity contribution in [2.45, 2.75) is 19.6 Å². The van der Waals surface area contributed by atoms with Gasteiger partial charge in [0.25, 0.3) is 0 Å². The fraction of sp³-hybridized carbons (Fsp3) is 1.00. The molecule has 2 N–H and O–H groups in total. The van der Waals surface area contributed by atoms with E-state index in [1.165, 1.54) is 13.8 Å². The van der Waals surface area contributed by atoms with Gasteiger partial charge < -0.3 is 10.2 Å². The average Bonchev–Trinajstić information content (AvgIpc) is 0.722. The van der Waals surface area contributed by atoms with E-state index in [1.54, 1.807) is 0 Å². The van der Waals surface area contributed by atoms with Crippen molar-refractivity contribution in [1.82, 2.24) is 0 Å². The Hall–Kier alpha value is -0.150. The summed E-state index contributed by atoms with van der Waals surface area (Å²) in [5.74, 6) is -1.50. The van der Waals surface area contributed by atoms with Gasteiger partial charge in [-0.15, -0.1) is 0 Å². The minimum absolute atomic E-state index is 0. The van der Waals surface area contributed by atoms with E-state index in [1.807, 2.05) is 0 Å². The van der Waals surface area contributed by atoms with Gasteiger partial charge in [0.2, 0.25) is 0 Å². The summed E-state index contributed by atoms with van der Waals surface area (Å²) in [5, 5.41) is 16.2. The number of hydrogen-bond donors (Lipinski definition) is 2. The number of halogens is 1. The van der Waals surface area contributed by atoms with E-state index in [4.69, 9.17) is 10.2 Å². The molecule has 2 nitrogen and oxygen atoms in total. The van der Waals surface area contributed by atoms with Gasteiger partial charge in [0.05, 0.1) is 0 Å². The van der Waals surface area contributed by atoms with Crippen LogP contribution >= 0.6 is 0 Å². The van der Waals surface area contributed by atoms with E-state index < -0.39 is 5.79 Å². The van der Waals surface area contributed by atoms with Crippen LogP contribution < -0.4 is 0 Å². The highest BCUT2D eigenvalue weighted by molar-refractivity contribution is 4.37. The number of rotatable bonds is 0. The lowest BCUT2D eigenvalue weighted by atomic mass is 10.4. The molecule has 0 radical (unpaired) electrons. The summed E-state index contributed by atoms with van der Waals surface area (Å²) in [6.07, 6.45) is 0. The second kappa shape index (κ2) is 2.10. The molecule has 0 bridgehead atoms. The fourth-order valence-electron chi connectivity index (χ4n) is 0. The number of aliphatic hydroxyl groups is 2. The van der Waals surface area contributed by atoms with Crippen LogP contribution in [0.1, 0.15) is 13.8 Å². The molecule has 0 aromatic carbocycles. The Labute approximate surface area is 35.8 Å². The zero-order valence-corrected chi connectivity index (χ0v) is 3.80. The molecule has 0 spiro atoms. The van der Waals surface area contributed by atoms with Crippen molar-refractivity contribution < 1.29 is 14.9 Å². The largest absolute Gasteiger partial charge is 0.366 e. The highest BCUT2D eigenvalue weighted by Crippen LogP contribution is 1.88. The summed E-state index contributed by atoms with van der Waals surface area (Å²) in [5.41, 5.74) is 0. The van der Waals surface area contributed by atoms with Crippen LogP contribution in [0, 0.1) is 0 Å². The molecular formula is C3H9FO2. The van der Waals surface area contributed by atoms with Gasteiger partial charge in [-0.2, -0.15) is 0 Å². The molecule has 6 heavy (non-hydrogen) atoms. The molecule has 0 amide bonds. The van der Waals surface area contributed by atoms with Crippen molar-refractivity contribution in [2.24, 2.45) is 0 Å². The van der Waals surface area contributed by atoms with Gasteiger partial charge >= 0.3 is 0 Å². The van der Waals surface area contributed by atoms with Crippen LogP contribution in [0.15, 0.2) is 0 Å². The van der Waals surface area contributed by atoms with Crippen molar-refractivity contribution in [3.63, 3.8) is 0 Å². The van der Waals surface area contributed by atoms with Crippen LogP contribution in [-0.4, -0.2) is 16.0 Å². The first-order valence-corrected chi connectivity index (χ1v) is 1.45. The van der Waals surface area contributed by atoms with Crippen LogP contribution in [0.4, 0.5) is 4.70 Å². The van der Waals surface area contributed by atoms with E-state index in [-0.39, 0.29) is 4.70 Å². The van der Waals surface area contributed by atoms with Gasteiger partial charge in [0.15, 0.2) is 5.79 Å². The molecule has 0 aliphatic carbocycles. The molecule has 0 heterocycles. The summed E-state index contributed by atoms with van der Waals surface area (Å²) in [4.78, 5) is 0. The minimum atomic E-state index is -1.50. The lowest BCUT2D eigenvalue weighted by molar-refractivity contribution is -0.127. The number of hydrogen-bond acceptors (Lipinski definition) is 2. The lowest BCUT2D eigenvalue weighted by Gasteiger charge is -2.03. The third-order valence-corrected chi connectivity index (χ3v) is 0. The van der Waals surface area contributed by atoms with E-state index in [0.717, 1.165) is 0 Å². The van der Waals surface area contributed by atoms with Crippen molar-refractivity contribution in [1.29, 1.82) is 0 Å². The summed E-state index contributed by atoms with van der Waals surface area (Å²) in [6, 6.07) is 0. The van der Waals surface area contributed by atoms with Crippen molar-refractivity contribution in [3.8, 4) is 0 Å². The maximum atomic E-state index is 8.08. The van der Waals surface area contributed by atoms with Crippen molar-refractivity contribution >= 4 is 0 Å². The first kappa shape index (κ1) is 9.28. The first-order chi connectivity index (χ1) is 2.00. The highest BCUT2D eigenvalue weighted by atomic mass is 19.0. The molecule has 0 saturated heterocycles. The second-order valence-corrected chi connectivity index (χ2v) is 1.49. The zero-order chi connectivity index (χ0) is 4.50. The Balaban J connectivity index is 0. The second-order valence-electron chi connectivity index (χ2n) is 1.49. The van der Waals surface area contributed by atoms with Crippen LogP contribution in [0.3, 0.4) is 0 Å². The molecule has 0 unspecified atom stereocenters. The predicted molar refractivity (Wildman–Crippen MR) is 21.0 cm³/mol. The molecule has 40 valence electrons. The summed E-state index contributed by atoms with van der Waals surface area (Å²) in [6.45, 7) is 2.60. The van der Waals surface area contributed by atoms with Crippen molar-refractivity contribution in [3.05, 3.63) is 0 Å². The zero-order valence-electron chi connectivity index (χ0n) is 3.80. The Morgan fingerprint density at radius 3 is 1.17 bits per heavy atom. The fourth-order valence-corrected chi connectivity index (χ4v) is 0. The third kappa shape index (κ3) is 1390. The Morgan fingerprint density at radius 1 is 1.17 bits per heavy atom. The molecule has 0 saturated carbocycles. The normalized spacial score (nSPS) is 10.0. The van der Waals surface area contributed by atoms with E-state index in [2.05, 4.69) is 0 Å². The molecule has 3 heteroatoms. The van der Waals surface area contributed by atoms with Gasteiger partial charge in [0, 0.05) is 0 Å². The Bertz CT molecular complexity index is 24.3. The van der Waals surface area contributed by atoms with E-state index in [0.29, 0.717) is 0 Å². The third-order valence-electron chi connectivity index (χ3n) is 0. The van der Waals surface area contributed by atoms with E-state index >= 15 is 0 Å². The molecule has 0 atom stereocenters. The van der Waals surface area contributed by atoms with Crippen molar-refractivity contribution in [2.75, 3.05) is 0 Å². The van der Waals surface area contributed by atoms with Gasteiger partial charge in [-0.1, -0.05) is 0 Å². The van der Waals surface area contributed by atoms with Gasteiger partial charge in [-0.3, -0.25) is 4.70 Å². The van der Waals surface area contributed by atoms with Gasteiger partial charge in [0.1, 0.15) is 0 Å². The predicted octanol–water partition coefficient (Wildman–Crippen LogP) is -0.140. The summed E-state index contributed by atoms with van der Waals surface area (Å²) < 4.78 is 0. The highest BCUT2D eigenvalue weighted by Gasteiger charge is 2.00. The maximum absolute atomic E-state index is 8.08. The first-order valence-electron chi connectivity index (χ1n) is 1.45. The standard InChI is InChI=1S/C3H8O2.FH/c1-3(2,4)5;/h4-5H,1-2H3;1H. The van der Waals surface area contributed by atoms with Crippen LogP contribution in [0.2, 0.25) is 0 Å².